The van der Waals surface area contributed by atoms with Gasteiger partial charge >= 0.3 is 0 Å². The van der Waals surface area contributed by atoms with Crippen molar-refractivity contribution < 1.29 is 10.2 Å². The first-order valence-electron chi connectivity index (χ1n) is 5.85. The van der Waals surface area contributed by atoms with Gasteiger partial charge in [-0.05, 0) is 17.5 Å². The minimum Gasteiger partial charge on any atom is -0.389 e. The first kappa shape index (κ1) is 11.6. The summed E-state index contributed by atoms with van der Waals surface area (Å²) in [4.78, 5) is 2.08. The Morgan fingerprint density at radius 1 is 1.06 bits per heavy atom. The highest BCUT2D eigenvalue weighted by Gasteiger charge is 2.29. The van der Waals surface area contributed by atoms with E-state index < -0.39 is 12.2 Å². The van der Waals surface area contributed by atoms with Gasteiger partial charge in [0.2, 0.25) is 0 Å². The molecule has 0 amide bonds. The second-order valence-electron chi connectivity index (χ2n) is 4.50. The van der Waals surface area contributed by atoms with Crippen LogP contribution in [0.5, 0.6) is 0 Å². The zero-order valence-electron chi connectivity index (χ0n) is 9.63. The van der Waals surface area contributed by atoms with Crippen molar-refractivity contribution in [3.05, 3.63) is 35.4 Å². The monoisotopic (exact) mass is 221 g/mol. The van der Waals surface area contributed by atoms with Crippen LogP contribution in [0.25, 0.3) is 0 Å². The van der Waals surface area contributed by atoms with Crippen LogP contribution in [0.4, 0.5) is 0 Å². The number of benzene rings is 1. The molecule has 1 aliphatic heterocycles. The molecule has 2 rings (SSSR count). The Morgan fingerprint density at radius 2 is 1.56 bits per heavy atom. The molecule has 0 bridgehead atoms. The van der Waals surface area contributed by atoms with E-state index in [1.807, 2.05) is 0 Å². The molecule has 88 valence electrons. The number of likely N-dealkylation sites (tertiary alicyclic amines) is 1. The van der Waals surface area contributed by atoms with E-state index >= 15 is 0 Å². The normalized spacial score (nSPS) is 26.2. The molecular formula is C13H19NO2. The van der Waals surface area contributed by atoms with Crippen molar-refractivity contribution in [1.29, 1.82) is 0 Å². The fourth-order valence-electron chi connectivity index (χ4n) is 2.11. The number of nitrogens with zero attached hydrogens (tertiary/aromatic N) is 1. The first-order valence-corrected chi connectivity index (χ1v) is 5.85. The lowest BCUT2D eigenvalue weighted by atomic mass is 10.1. The van der Waals surface area contributed by atoms with Crippen molar-refractivity contribution in [2.24, 2.45) is 0 Å². The second-order valence-corrected chi connectivity index (χ2v) is 4.50. The number of hydrogen-bond acceptors (Lipinski definition) is 3. The van der Waals surface area contributed by atoms with E-state index in [1.165, 1.54) is 11.1 Å². The fourth-order valence-corrected chi connectivity index (χ4v) is 2.11. The van der Waals surface area contributed by atoms with E-state index in [0.29, 0.717) is 13.1 Å². The molecule has 1 heterocycles. The number of hydrogen-bond donors (Lipinski definition) is 2. The van der Waals surface area contributed by atoms with Crippen molar-refractivity contribution in [3.63, 3.8) is 0 Å². The van der Waals surface area contributed by atoms with E-state index in [4.69, 9.17) is 0 Å². The van der Waals surface area contributed by atoms with Crippen LogP contribution in [-0.4, -0.2) is 40.4 Å². The largest absolute Gasteiger partial charge is 0.389 e. The minimum atomic E-state index is -0.588. The van der Waals surface area contributed by atoms with Crippen molar-refractivity contribution in [3.8, 4) is 0 Å². The van der Waals surface area contributed by atoms with Gasteiger partial charge in [-0.15, -0.1) is 0 Å². The lowest BCUT2D eigenvalue weighted by Crippen LogP contribution is -2.22. The maximum atomic E-state index is 9.44. The summed E-state index contributed by atoms with van der Waals surface area (Å²) in [5, 5.41) is 18.9. The van der Waals surface area contributed by atoms with Gasteiger partial charge in [0, 0.05) is 19.6 Å². The van der Waals surface area contributed by atoms with Gasteiger partial charge < -0.3 is 10.2 Å². The Balaban J connectivity index is 1.94. The summed E-state index contributed by atoms with van der Waals surface area (Å²) >= 11 is 0. The molecule has 3 nitrogen and oxygen atoms in total. The van der Waals surface area contributed by atoms with Gasteiger partial charge in [0.1, 0.15) is 0 Å². The molecule has 0 saturated carbocycles. The van der Waals surface area contributed by atoms with E-state index in [2.05, 4.69) is 36.1 Å². The molecule has 0 aliphatic carbocycles. The molecule has 0 aromatic heterocycles. The summed E-state index contributed by atoms with van der Waals surface area (Å²) in [5.41, 5.74) is 2.57. The number of β-amino-alcohol motifs (C(OH)–C–C–N with tert-alkyl or cyclic N) is 2. The molecule has 1 fully saturated rings. The van der Waals surface area contributed by atoms with Gasteiger partial charge in [0.15, 0.2) is 0 Å². The zero-order valence-corrected chi connectivity index (χ0v) is 9.63. The molecule has 1 aromatic rings. The van der Waals surface area contributed by atoms with Crippen LogP contribution in [0.15, 0.2) is 24.3 Å². The Hall–Kier alpha value is -0.900. The molecule has 1 aromatic carbocycles. The molecule has 2 N–H and O–H groups in total. The highest BCUT2D eigenvalue weighted by molar-refractivity contribution is 5.22. The predicted molar refractivity (Wildman–Crippen MR) is 63.1 cm³/mol. The molecule has 1 aliphatic rings. The predicted octanol–water partition coefficient (Wildman–Crippen LogP) is 0.786. The highest BCUT2D eigenvalue weighted by atomic mass is 16.3. The lowest BCUT2D eigenvalue weighted by Gasteiger charge is -2.14. The van der Waals surface area contributed by atoms with Crippen LogP contribution in [0.1, 0.15) is 18.1 Å². The van der Waals surface area contributed by atoms with Gasteiger partial charge in [-0.25, -0.2) is 0 Å². The van der Waals surface area contributed by atoms with Gasteiger partial charge in [0.05, 0.1) is 12.2 Å². The topological polar surface area (TPSA) is 43.7 Å². The number of rotatable bonds is 3. The van der Waals surface area contributed by atoms with Crippen LogP contribution >= 0.6 is 0 Å². The van der Waals surface area contributed by atoms with Crippen LogP contribution in [0, 0.1) is 0 Å². The number of aliphatic hydroxyl groups is 2. The first-order chi connectivity index (χ1) is 7.69. The van der Waals surface area contributed by atoms with Gasteiger partial charge in [0.25, 0.3) is 0 Å². The van der Waals surface area contributed by atoms with E-state index in [-0.39, 0.29) is 0 Å². The highest BCUT2D eigenvalue weighted by Crippen LogP contribution is 2.14. The average molecular weight is 221 g/mol. The third-order valence-corrected chi connectivity index (χ3v) is 3.17. The van der Waals surface area contributed by atoms with E-state index in [0.717, 1.165) is 13.0 Å². The Bertz CT molecular complexity index is 326. The van der Waals surface area contributed by atoms with Crippen molar-refractivity contribution in [2.45, 2.75) is 32.1 Å². The molecule has 3 heteroatoms. The van der Waals surface area contributed by atoms with Gasteiger partial charge in [-0.1, -0.05) is 31.2 Å². The quantitative estimate of drug-likeness (QED) is 0.793. The average Bonchev–Trinajstić information content (AvgIpc) is 2.59. The fraction of sp³-hybridized carbons (Fsp3) is 0.538. The van der Waals surface area contributed by atoms with E-state index in [1.54, 1.807) is 0 Å². The Kier molecular flexibility index (Phi) is 3.59. The van der Waals surface area contributed by atoms with Crippen LogP contribution in [0.3, 0.4) is 0 Å². The summed E-state index contributed by atoms with van der Waals surface area (Å²) in [6.07, 6.45) is -0.119. The second kappa shape index (κ2) is 4.95. The molecule has 2 atom stereocenters. The standard InChI is InChI=1S/C13H19NO2/c1-2-10-3-5-11(6-4-10)7-14-8-12(15)13(16)9-14/h3-6,12-13,15-16H,2,7-9H2,1H3/t12-,13+. The number of aliphatic hydroxyl groups excluding tert-OH is 2. The molecular weight excluding hydrogens is 202 g/mol. The summed E-state index contributed by atoms with van der Waals surface area (Å²) in [6, 6.07) is 8.52. The summed E-state index contributed by atoms with van der Waals surface area (Å²) in [7, 11) is 0. The maximum absolute atomic E-state index is 9.44. The maximum Gasteiger partial charge on any atom is 0.0938 e. The van der Waals surface area contributed by atoms with Gasteiger partial charge in [-0.2, -0.15) is 0 Å². The van der Waals surface area contributed by atoms with Crippen LogP contribution < -0.4 is 0 Å². The Labute approximate surface area is 96.3 Å². The number of aryl methyl sites for hydroxylation is 1. The summed E-state index contributed by atoms with van der Waals surface area (Å²) < 4.78 is 0. The van der Waals surface area contributed by atoms with E-state index in [9.17, 15) is 10.2 Å². The van der Waals surface area contributed by atoms with Crippen molar-refractivity contribution in [1.82, 2.24) is 4.90 Å². The third-order valence-electron chi connectivity index (χ3n) is 3.17. The van der Waals surface area contributed by atoms with Crippen molar-refractivity contribution >= 4 is 0 Å². The SMILES string of the molecule is CCc1ccc(CN2C[C@@H](O)[C@@H](O)C2)cc1. The summed E-state index contributed by atoms with van der Waals surface area (Å²) in [6.45, 7) is 4.08. The molecule has 0 unspecified atom stereocenters. The zero-order chi connectivity index (χ0) is 11.5. The molecule has 0 radical (unpaired) electrons. The lowest BCUT2D eigenvalue weighted by molar-refractivity contribution is 0.0572. The molecule has 16 heavy (non-hydrogen) atoms. The molecule has 0 spiro atoms. The van der Waals surface area contributed by atoms with Crippen molar-refractivity contribution in [2.75, 3.05) is 13.1 Å². The minimum absolute atomic E-state index is 0.566. The third kappa shape index (κ3) is 2.61. The smallest absolute Gasteiger partial charge is 0.0938 e. The molecule has 1 saturated heterocycles. The van der Waals surface area contributed by atoms with Crippen LogP contribution in [0.2, 0.25) is 0 Å². The van der Waals surface area contributed by atoms with Gasteiger partial charge in [-0.3, -0.25) is 4.90 Å². The Morgan fingerprint density at radius 3 is 2.06 bits per heavy atom. The summed E-state index contributed by atoms with van der Waals surface area (Å²) in [5.74, 6) is 0. The van der Waals surface area contributed by atoms with Crippen LogP contribution in [-0.2, 0) is 13.0 Å².